The molecule has 3 heterocycles. The van der Waals surface area contributed by atoms with E-state index in [2.05, 4.69) is 27.6 Å². The molecule has 0 bridgehead atoms. The lowest BCUT2D eigenvalue weighted by atomic mass is 9.96. The molecule has 1 atom stereocenters. The third kappa shape index (κ3) is 2.85. The van der Waals surface area contributed by atoms with Gasteiger partial charge in [0.15, 0.2) is 0 Å². The summed E-state index contributed by atoms with van der Waals surface area (Å²) in [6, 6.07) is 5.28. The Labute approximate surface area is 153 Å². The second kappa shape index (κ2) is 6.71. The van der Waals surface area contributed by atoms with Crippen molar-refractivity contribution in [2.24, 2.45) is 0 Å². The first-order valence-corrected chi connectivity index (χ1v) is 9.41. The number of hydrogen-bond acceptors (Lipinski definition) is 3. The summed E-state index contributed by atoms with van der Waals surface area (Å²) in [5.41, 5.74) is 2.81. The molecule has 1 aliphatic rings. The molecule has 1 aliphatic heterocycles. The van der Waals surface area contributed by atoms with E-state index >= 15 is 0 Å². The fraction of sp³-hybridized carbons (Fsp3) is 0.429. The van der Waals surface area contributed by atoms with Gasteiger partial charge in [-0.2, -0.15) is 0 Å². The van der Waals surface area contributed by atoms with E-state index in [0.717, 1.165) is 60.8 Å². The first-order chi connectivity index (χ1) is 12.6. The highest BCUT2D eigenvalue weighted by molar-refractivity contribution is 5.85. The number of pyridine rings is 1. The maximum atomic E-state index is 14.2. The molecule has 2 aromatic heterocycles. The third-order valence-corrected chi connectivity index (χ3v) is 5.47. The van der Waals surface area contributed by atoms with Crippen molar-refractivity contribution in [3.63, 3.8) is 0 Å². The molecule has 1 saturated heterocycles. The molecule has 0 radical (unpaired) electrons. The Balaban J connectivity index is 1.71. The number of rotatable bonds is 3. The minimum atomic E-state index is -0.200. The molecular formula is C21H25FN4. The molecule has 0 saturated carbocycles. The summed E-state index contributed by atoms with van der Waals surface area (Å²) < 4.78 is 16.4. The Hall–Kier alpha value is -2.43. The van der Waals surface area contributed by atoms with E-state index in [1.165, 1.54) is 6.07 Å². The van der Waals surface area contributed by atoms with Crippen LogP contribution in [0.3, 0.4) is 0 Å². The molecule has 1 aromatic carbocycles. The summed E-state index contributed by atoms with van der Waals surface area (Å²) in [5, 5.41) is 0.612. The molecule has 136 valence electrons. The lowest BCUT2D eigenvalue weighted by Gasteiger charge is -2.34. The van der Waals surface area contributed by atoms with Crippen molar-refractivity contribution in [3.8, 4) is 0 Å². The zero-order valence-corrected chi connectivity index (χ0v) is 15.7. The van der Waals surface area contributed by atoms with Crippen LogP contribution in [0, 0.1) is 19.7 Å². The zero-order chi connectivity index (χ0) is 18.3. The van der Waals surface area contributed by atoms with Gasteiger partial charge in [-0.15, -0.1) is 0 Å². The predicted octanol–water partition coefficient (Wildman–Crippen LogP) is 4.59. The van der Waals surface area contributed by atoms with Crippen molar-refractivity contribution in [1.82, 2.24) is 14.5 Å². The predicted molar refractivity (Wildman–Crippen MR) is 103 cm³/mol. The highest BCUT2D eigenvalue weighted by atomic mass is 19.1. The van der Waals surface area contributed by atoms with Crippen LogP contribution in [0.5, 0.6) is 0 Å². The van der Waals surface area contributed by atoms with Gasteiger partial charge in [-0.05, 0) is 56.9 Å². The van der Waals surface area contributed by atoms with Crippen molar-refractivity contribution in [1.29, 1.82) is 0 Å². The minimum Gasteiger partial charge on any atom is -0.356 e. The van der Waals surface area contributed by atoms with Gasteiger partial charge in [0.2, 0.25) is 0 Å². The maximum absolute atomic E-state index is 14.2. The number of nitrogens with zero attached hydrogens (tertiary/aromatic N) is 4. The Morgan fingerprint density at radius 2 is 2.08 bits per heavy atom. The summed E-state index contributed by atoms with van der Waals surface area (Å²) in [6.07, 6.45) is 6.21. The van der Waals surface area contributed by atoms with Crippen molar-refractivity contribution < 1.29 is 4.39 Å². The van der Waals surface area contributed by atoms with Crippen LogP contribution < -0.4 is 4.90 Å². The molecule has 0 amide bonds. The van der Waals surface area contributed by atoms with Crippen molar-refractivity contribution in [3.05, 3.63) is 53.4 Å². The van der Waals surface area contributed by atoms with Gasteiger partial charge in [0, 0.05) is 43.3 Å². The third-order valence-electron chi connectivity index (χ3n) is 5.47. The molecule has 3 aromatic rings. The summed E-state index contributed by atoms with van der Waals surface area (Å²) in [5.74, 6) is 2.35. The van der Waals surface area contributed by atoms with Gasteiger partial charge in [-0.25, -0.2) is 14.4 Å². The van der Waals surface area contributed by atoms with Crippen LogP contribution in [0.4, 0.5) is 10.2 Å². The van der Waals surface area contributed by atoms with E-state index in [4.69, 9.17) is 4.98 Å². The van der Waals surface area contributed by atoms with E-state index in [-0.39, 0.29) is 5.82 Å². The standard InChI is InChI=1S/C21H25FN4/c1-4-25-11-9-23-21(25)16-6-5-10-26(13-16)20-15(3)12-17-18(22)8-7-14(2)19(17)24-20/h7-9,11-12,16H,4-6,10,13H2,1-3H3. The summed E-state index contributed by atoms with van der Waals surface area (Å²) >= 11 is 0. The largest absolute Gasteiger partial charge is 0.356 e. The molecule has 0 spiro atoms. The maximum Gasteiger partial charge on any atom is 0.132 e. The lowest BCUT2D eigenvalue weighted by Crippen LogP contribution is -2.36. The average Bonchev–Trinajstić information content (AvgIpc) is 3.13. The molecule has 0 aliphatic carbocycles. The normalized spacial score (nSPS) is 17.8. The fourth-order valence-corrected chi connectivity index (χ4v) is 4.10. The second-order valence-corrected chi connectivity index (χ2v) is 7.25. The van der Waals surface area contributed by atoms with Gasteiger partial charge in [-0.1, -0.05) is 6.07 Å². The van der Waals surface area contributed by atoms with Crippen LogP contribution >= 0.6 is 0 Å². The van der Waals surface area contributed by atoms with Crippen molar-refractivity contribution in [2.75, 3.05) is 18.0 Å². The lowest BCUT2D eigenvalue weighted by molar-refractivity contribution is 0.471. The fourth-order valence-electron chi connectivity index (χ4n) is 4.10. The summed E-state index contributed by atoms with van der Waals surface area (Å²) in [7, 11) is 0. The van der Waals surface area contributed by atoms with E-state index < -0.39 is 0 Å². The number of fused-ring (bicyclic) bond motifs is 1. The minimum absolute atomic E-state index is 0.200. The van der Waals surface area contributed by atoms with Gasteiger partial charge >= 0.3 is 0 Å². The molecule has 4 nitrogen and oxygen atoms in total. The Morgan fingerprint density at radius 3 is 2.88 bits per heavy atom. The van der Waals surface area contributed by atoms with E-state index in [9.17, 15) is 4.39 Å². The highest BCUT2D eigenvalue weighted by Crippen LogP contribution is 2.32. The molecule has 5 heteroatoms. The molecule has 1 fully saturated rings. The molecular weight excluding hydrogens is 327 g/mol. The number of imidazole rings is 1. The van der Waals surface area contributed by atoms with Gasteiger partial charge in [-0.3, -0.25) is 0 Å². The number of halogens is 1. The van der Waals surface area contributed by atoms with Crippen molar-refractivity contribution in [2.45, 2.75) is 46.1 Å². The van der Waals surface area contributed by atoms with E-state index in [1.807, 2.05) is 26.1 Å². The monoisotopic (exact) mass is 352 g/mol. The van der Waals surface area contributed by atoms with Crippen LogP contribution in [-0.2, 0) is 6.54 Å². The first kappa shape index (κ1) is 17.0. The Kier molecular flexibility index (Phi) is 4.39. The number of piperidine rings is 1. The molecule has 0 N–H and O–H groups in total. The number of aryl methyl sites for hydroxylation is 3. The van der Waals surface area contributed by atoms with E-state index in [0.29, 0.717) is 11.3 Å². The van der Waals surface area contributed by atoms with Crippen LogP contribution in [0.1, 0.15) is 42.6 Å². The van der Waals surface area contributed by atoms with Gasteiger partial charge in [0.1, 0.15) is 17.5 Å². The number of aromatic nitrogens is 3. The first-order valence-electron chi connectivity index (χ1n) is 9.41. The summed E-state index contributed by atoms with van der Waals surface area (Å²) in [6.45, 7) is 9.00. The number of benzene rings is 1. The zero-order valence-electron chi connectivity index (χ0n) is 15.7. The number of anilines is 1. The van der Waals surface area contributed by atoms with E-state index in [1.54, 1.807) is 6.07 Å². The van der Waals surface area contributed by atoms with Crippen molar-refractivity contribution >= 4 is 16.7 Å². The Bertz CT molecular complexity index is 947. The van der Waals surface area contributed by atoms with Crippen LogP contribution in [0.15, 0.2) is 30.6 Å². The van der Waals surface area contributed by atoms with Gasteiger partial charge in [0.05, 0.1) is 5.52 Å². The van der Waals surface area contributed by atoms with Gasteiger partial charge in [0.25, 0.3) is 0 Å². The molecule has 26 heavy (non-hydrogen) atoms. The summed E-state index contributed by atoms with van der Waals surface area (Å²) in [4.78, 5) is 11.8. The van der Waals surface area contributed by atoms with Crippen LogP contribution in [0.2, 0.25) is 0 Å². The Morgan fingerprint density at radius 1 is 1.23 bits per heavy atom. The van der Waals surface area contributed by atoms with Gasteiger partial charge < -0.3 is 9.47 Å². The quantitative estimate of drug-likeness (QED) is 0.691. The number of hydrogen-bond donors (Lipinski definition) is 0. The average molecular weight is 352 g/mol. The van der Waals surface area contributed by atoms with Crippen LogP contribution in [-0.4, -0.2) is 27.6 Å². The smallest absolute Gasteiger partial charge is 0.132 e. The molecule has 1 unspecified atom stereocenters. The SMILES string of the molecule is CCn1ccnc1C1CCCN(c2nc3c(C)ccc(F)c3cc2C)C1. The topological polar surface area (TPSA) is 34.0 Å². The second-order valence-electron chi connectivity index (χ2n) is 7.25. The highest BCUT2D eigenvalue weighted by Gasteiger charge is 2.26. The van der Waals surface area contributed by atoms with Crippen LogP contribution in [0.25, 0.3) is 10.9 Å². The molecule has 4 rings (SSSR count).